The second-order valence-corrected chi connectivity index (χ2v) is 2.90. The van der Waals surface area contributed by atoms with Crippen LogP contribution in [0.15, 0.2) is 18.5 Å². The number of aromatic nitrogens is 3. The van der Waals surface area contributed by atoms with E-state index in [1.165, 1.54) is 0 Å². The Kier molecular flexibility index (Phi) is 1.90. The summed E-state index contributed by atoms with van der Waals surface area (Å²) in [4.78, 5) is 12.6. The van der Waals surface area contributed by atoms with Gasteiger partial charge in [-0.05, 0) is 18.6 Å². The van der Waals surface area contributed by atoms with Crippen molar-refractivity contribution in [3.8, 4) is 0 Å². The molecule has 2 heterocycles. The average molecular weight is 174 g/mol. The van der Waals surface area contributed by atoms with E-state index in [-0.39, 0.29) is 0 Å². The summed E-state index contributed by atoms with van der Waals surface area (Å²) in [6, 6.07) is 1.92. The third-order valence-electron chi connectivity index (χ3n) is 1.81. The van der Waals surface area contributed by atoms with Gasteiger partial charge >= 0.3 is 0 Å². The van der Waals surface area contributed by atoms with Crippen LogP contribution in [0.5, 0.6) is 0 Å². The van der Waals surface area contributed by atoms with E-state index in [1.54, 1.807) is 12.4 Å². The van der Waals surface area contributed by atoms with Crippen molar-refractivity contribution in [2.75, 3.05) is 0 Å². The molecule has 0 aliphatic heterocycles. The Hall–Kier alpha value is -1.55. The van der Waals surface area contributed by atoms with Crippen LogP contribution in [0.1, 0.15) is 11.3 Å². The maximum absolute atomic E-state index is 5.49. The number of aryl methyl sites for hydroxylation is 1. The van der Waals surface area contributed by atoms with Crippen LogP contribution in [-0.4, -0.2) is 15.0 Å². The second kappa shape index (κ2) is 3.06. The van der Waals surface area contributed by atoms with Crippen LogP contribution in [0.3, 0.4) is 0 Å². The van der Waals surface area contributed by atoms with Crippen molar-refractivity contribution in [1.82, 2.24) is 15.0 Å². The summed E-state index contributed by atoms with van der Waals surface area (Å²) in [6.45, 7) is 2.39. The first-order valence-electron chi connectivity index (χ1n) is 4.08. The van der Waals surface area contributed by atoms with Gasteiger partial charge in [0.15, 0.2) is 5.65 Å². The topological polar surface area (TPSA) is 64.7 Å². The van der Waals surface area contributed by atoms with Crippen LogP contribution >= 0.6 is 0 Å². The zero-order valence-electron chi connectivity index (χ0n) is 7.36. The van der Waals surface area contributed by atoms with E-state index in [4.69, 9.17) is 5.73 Å². The molecule has 0 saturated carbocycles. The number of pyridine rings is 1. The predicted octanol–water partition coefficient (Wildman–Crippen LogP) is 0.792. The fraction of sp³-hybridized carbons (Fsp3) is 0.222. The fourth-order valence-electron chi connectivity index (χ4n) is 1.15. The first-order chi connectivity index (χ1) is 6.29. The van der Waals surface area contributed by atoms with Gasteiger partial charge < -0.3 is 5.73 Å². The summed E-state index contributed by atoms with van der Waals surface area (Å²) in [5.41, 5.74) is 8.84. The molecule has 13 heavy (non-hydrogen) atoms. The fourth-order valence-corrected chi connectivity index (χ4v) is 1.15. The lowest BCUT2D eigenvalue weighted by atomic mass is 10.2. The van der Waals surface area contributed by atoms with Gasteiger partial charge in [0, 0.05) is 12.7 Å². The van der Waals surface area contributed by atoms with Gasteiger partial charge in [-0.25, -0.2) is 15.0 Å². The van der Waals surface area contributed by atoms with Gasteiger partial charge in [0.25, 0.3) is 0 Å². The number of nitrogens with two attached hydrogens (primary N) is 1. The van der Waals surface area contributed by atoms with Crippen molar-refractivity contribution in [1.29, 1.82) is 0 Å². The minimum absolute atomic E-state index is 0.485. The lowest BCUT2D eigenvalue weighted by molar-refractivity contribution is 1.04. The van der Waals surface area contributed by atoms with Gasteiger partial charge in [-0.15, -0.1) is 0 Å². The maximum Gasteiger partial charge on any atom is 0.178 e. The molecule has 2 aromatic heterocycles. The Morgan fingerprint density at radius 3 is 2.85 bits per heavy atom. The third kappa shape index (κ3) is 1.48. The Bertz CT molecular complexity index is 439. The van der Waals surface area contributed by atoms with E-state index in [9.17, 15) is 0 Å². The van der Waals surface area contributed by atoms with E-state index in [0.717, 1.165) is 16.8 Å². The normalized spacial score (nSPS) is 10.6. The minimum atomic E-state index is 0.485. The SMILES string of the molecule is Cc1cnc2ncc(CN)cc2n1. The molecule has 0 aliphatic carbocycles. The van der Waals surface area contributed by atoms with Crippen molar-refractivity contribution >= 4 is 11.2 Å². The Morgan fingerprint density at radius 1 is 1.31 bits per heavy atom. The predicted molar refractivity (Wildman–Crippen MR) is 50.0 cm³/mol. The second-order valence-electron chi connectivity index (χ2n) is 2.90. The smallest absolute Gasteiger partial charge is 0.178 e. The minimum Gasteiger partial charge on any atom is -0.326 e. The number of hydrogen-bond acceptors (Lipinski definition) is 4. The molecule has 4 nitrogen and oxygen atoms in total. The van der Waals surface area contributed by atoms with Crippen LogP contribution in [0.4, 0.5) is 0 Å². The Morgan fingerprint density at radius 2 is 2.08 bits per heavy atom. The molecule has 0 amide bonds. The molecule has 0 aromatic carbocycles. The van der Waals surface area contributed by atoms with E-state index >= 15 is 0 Å². The molecule has 66 valence electrons. The first-order valence-corrected chi connectivity index (χ1v) is 4.08. The van der Waals surface area contributed by atoms with Crippen LogP contribution in [-0.2, 0) is 6.54 Å². The molecule has 0 spiro atoms. The molecular weight excluding hydrogens is 164 g/mol. The van der Waals surface area contributed by atoms with Crippen molar-refractivity contribution in [2.45, 2.75) is 13.5 Å². The van der Waals surface area contributed by atoms with Gasteiger partial charge in [0.2, 0.25) is 0 Å². The number of nitrogens with zero attached hydrogens (tertiary/aromatic N) is 3. The molecule has 0 radical (unpaired) electrons. The molecule has 2 N–H and O–H groups in total. The summed E-state index contributed by atoms with van der Waals surface area (Å²) >= 11 is 0. The van der Waals surface area contributed by atoms with Gasteiger partial charge in [-0.2, -0.15) is 0 Å². The van der Waals surface area contributed by atoms with Crippen LogP contribution < -0.4 is 5.73 Å². The molecule has 4 heteroatoms. The monoisotopic (exact) mass is 174 g/mol. The quantitative estimate of drug-likeness (QED) is 0.694. The summed E-state index contributed by atoms with van der Waals surface area (Å²) in [5.74, 6) is 0. The van der Waals surface area contributed by atoms with Gasteiger partial charge in [-0.3, -0.25) is 0 Å². The summed E-state index contributed by atoms with van der Waals surface area (Å²) in [5, 5.41) is 0. The molecule has 0 aliphatic rings. The zero-order valence-corrected chi connectivity index (χ0v) is 7.36. The van der Waals surface area contributed by atoms with Gasteiger partial charge in [0.1, 0.15) is 5.52 Å². The van der Waals surface area contributed by atoms with E-state index in [1.807, 2.05) is 13.0 Å². The average Bonchev–Trinajstić information content (AvgIpc) is 2.16. The van der Waals surface area contributed by atoms with E-state index in [2.05, 4.69) is 15.0 Å². The standard InChI is InChI=1S/C9H10N4/c1-6-4-11-9-8(13-6)2-7(3-10)5-12-9/h2,4-5H,3,10H2,1H3. The molecular formula is C9H10N4. The highest BCUT2D eigenvalue weighted by Gasteiger charge is 1.98. The van der Waals surface area contributed by atoms with Crippen LogP contribution in [0.2, 0.25) is 0 Å². The summed E-state index contributed by atoms with van der Waals surface area (Å²) < 4.78 is 0. The molecule has 2 rings (SSSR count). The summed E-state index contributed by atoms with van der Waals surface area (Å²) in [6.07, 6.45) is 3.43. The highest BCUT2D eigenvalue weighted by atomic mass is 14.9. The maximum atomic E-state index is 5.49. The molecule has 0 saturated heterocycles. The molecule has 0 bridgehead atoms. The lowest BCUT2D eigenvalue weighted by Crippen LogP contribution is -1.98. The largest absolute Gasteiger partial charge is 0.326 e. The number of rotatable bonds is 1. The Balaban J connectivity index is 2.68. The number of fused-ring (bicyclic) bond motifs is 1. The number of hydrogen-bond donors (Lipinski definition) is 1. The van der Waals surface area contributed by atoms with Crippen LogP contribution in [0, 0.1) is 6.92 Å². The molecule has 2 aromatic rings. The van der Waals surface area contributed by atoms with Crippen molar-refractivity contribution in [3.63, 3.8) is 0 Å². The van der Waals surface area contributed by atoms with Gasteiger partial charge in [0.05, 0.1) is 11.9 Å². The molecule has 0 atom stereocenters. The molecule has 0 fully saturated rings. The van der Waals surface area contributed by atoms with Crippen LogP contribution in [0.25, 0.3) is 11.2 Å². The highest BCUT2D eigenvalue weighted by Crippen LogP contribution is 2.08. The first kappa shape index (κ1) is 8.07. The van der Waals surface area contributed by atoms with E-state index < -0.39 is 0 Å². The van der Waals surface area contributed by atoms with E-state index in [0.29, 0.717) is 12.2 Å². The van der Waals surface area contributed by atoms with Crippen molar-refractivity contribution in [3.05, 3.63) is 29.7 Å². The Labute approximate surface area is 75.8 Å². The highest BCUT2D eigenvalue weighted by molar-refractivity contribution is 5.69. The van der Waals surface area contributed by atoms with Crippen molar-refractivity contribution in [2.24, 2.45) is 5.73 Å². The lowest BCUT2D eigenvalue weighted by Gasteiger charge is -1.99. The van der Waals surface area contributed by atoms with Crippen molar-refractivity contribution < 1.29 is 0 Å². The van der Waals surface area contributed by atoms with Gasteiger partial charge in [-0.1, -0.05) is 0 Å². The molecule has 0 unspecified atom stereocenters. The third-order valence-corrected chi connectivity index (χ3v) is 1.81. The summed E-state index contributed by atoms with van der Waals surface area (Å²) in [7, 11) is 0. The zero-order chi connectivity index (χ0) is 9.26.